The van der Waals surface area contributed by atoms with Crippen molar-refractivity contribution in [3.63, 3.8) is 0 Å². The van der Waals surface area contributed by atoms with Crippen LogP contribution < -0.4 is 5.73 Å². The molecule has 0 saturated heterocycles. The number of aromatic amines is 1. The van der Waals surface area contributed by atoms with Gasteiger partial charge >= 0.3 is 5.97 Å². The van der Waals surface area contributed by atoms with Crippen molar-refractivity contribution < 1.29 is 9.53 Å². The minimum Gasteiger partial charge on any atom is -0.459 e. The quantitative estimate of drug-likeness (QED) is 0.274. The molecule has 0 radical (unpaired) electrons. The molecule has 3 aromatic heterocycles. The Bertz CT molecular complexity index is 1730. The lowest BCUT2D eigenvalue weighted by atomic mass is 9.79. The second kappa shape index (κ2) is 10.6. The van der Waals surface area contributed by atoms with E-state index in [1.165, 1.54) is 11.0 Å². The monoisotopic (exact) mass is 535 g/mol. The number of nitrogen functional groups attached to an aromatic ring is 1. The Morgan fingerprint density at radius 3 is 2.65 bits per heavy atom. The van der Waals surface area contributed by atoms with Gasteiger partial charge < -0.3 is 15.5 Å². The summed E-state index contributed by atoms with van der Waals surface area (Å²) in [6.45, 7) is 8.50. The fourth-order valence-electron chi connectivity index (χ4n) is 4.40. The summed E-state index contributed by atoms with van der Waals surface area (Å²) in [7, 11) is 0. The summed E-state index contributed by atoms with van der Waals surface area (Å²) in [6.07, 6.45) is 5.67. The summed E-state index contributed by atoms with van der Waals surface area (Å²) >= 11 is 0. The Labute approximate surface area is 231 Å². The molecular formula is C29H29N9O2. The lowest BCUT2D eigenvalue weighted by molar-refractivity contribution is 0.0444. The smallest absolute Gasteiger partial charge is 0.378 e. The van der Waals surface area contributed by atoms with Crippen LogP contribution in [0.3, 0.4) is 0 Å². The topological polar surface area (TPSA) is 161 Å². The molecule has 11 nitrogen and oxygen atoms in total. The van der Waals surface area contributed by atoms with Crippen LogP contribution >= 0.6 is 0 Å². The first-order valence-electron chi connectivity index (χ1n) is 12.8. The number of nitriles is 1. The summed E-state index contributed by atoms with van der Waals surface area (Å²) in [5, 5.41) is 13.9. The number of nitrogens with two attached hydrogens (primary N) is 1. The summed E-state index contributed by atoms with van der Waals surface area (Å²) in [5.74, 6) is 0.373. The molecular weight excluding hydrogens is 506 g/mol. The van der Waals surface area contributed by atoms with Gasteiger partial charge in [0, 0.05) is 18.0 Å². The molecule has 0 unspecified atom stereocenters. The third kappa shape index (κ3) is 5.51. The number of benzene rings is 2. The molecule has 3 heterocycles. The van der Waals surface area contributed by atoms with Crippen LogP contribution in [-0.2, 0) is 16.6 Å². The van der Waals surface area contributed by atoms with Crippen LogP contribution in [0.2, 0.25) is 0 Å². The summed E-state index contributed by atoms with van der Waals surface area (Å²) in [5.41, 5.74) is 10.8. The Morgan fingerprint density at radius 1 is 1.15 bits per heavy atom. The predicted molar refractivity (Wildman–Crippen MR) is 149 cm³/mol. The van der Waals surface area contributed by atoms with Gasteiger partial charge in [0.25, 0.3) is 5.82 Å². The number of aromatic nitrogens is 7. The van der Waals surface area contributed by atoms with Gasteiger partial charge in [0.15, 0.2) is 0 Å². The summed E-state index contributed by atoms with van der Waals surface area (Å²) in [4.78, 5) is 32.9. The first-order chi connectivity index (χ1) is 19.1. The highest BCUT2D eigenvalue weighted by Crippen LogP contribution is 2.32. The summed E-state index contributed by atoms with van der Waals surface area (Å²) in [6, 6.07) is 13.5. The van der Waals surface area contributed by atoms with Crippen LogP contribution in [0.15, 0.2) is 55.1 Å². The maximum absolute atomic E-state index is 12.4. The third-order valence-electron chi connectivity index (χ3n) is 6.48. The van der Waals surface area contributed by atoms with E-state index in [0.717, 1.165) is 28.6 Å². The number of carbonyl (C=O) groups excluding carboxylic acids is 1. The van der Waals surface area contributed by atoms with E-state index in [4.69, 9.17) is 15.5 Å². The fraction of sp³-hybridized carbons (Fsp3) is 0.276. The van der Waals surface area contributed by atoms with Crippen molar-refractivity contribution in [3.8, 4) is 23.1 Å². The highest BCUT2D eigenvalue weighted by molar-refractivity contribution is 5.85. The van der Waals surface area contributed by atoms with E-state index in [9.17, 15) is 10.1 Å². The van der Waals surface area contributed by atoms with E-state index in [1.807, 2.05) is 19.9 Å². The minimum absolute atomic E-state index is 0.0426. The van der Waals surface area contributed by atoms with Gasteiger partial charge in [0.2, 0.25) is 5.95 Å². The van der Waals surface area contributed by atoms with E-state index >= 15 is 0 Å². The molecule has 0 atom stereocenters. The largest absolute Gasteiger partial charge is 0.459 e. The van der Waals surface area contributed by atoms with Crippen LogP contribution in [0, 0.1) is 17.2 Å². The molecule has 202 valence electrons. The molecule has 0 fully saturated rings. The second-order valence-electron chi connectivity index (χ2n) is 10.7. The number of fused-ring (bicyclic) bond motifs is 1. The van der Waals surface area contributed by atoms with Gasteiger partial charge in [-0.2, -0.15) is 5.26 Å². The molecule has 2 aromatic carbocycles. The standard InChI is InChI=1S/C29H29N9O2/c1-17(2)15-40-27(39)26-34-16-38(37-26)24-8-5-18(12-30)9-21(24)25-35-22-7-6-20(10-23(22)36-25)29(3,4)11-19-13-32-28(31)33-14-19/h5-10,13-14,16-17H,11,15H2,1-4H3,(H,35,36)(H2,31,32,33). The lowest BCUT2D eigenvalue weighted by Gasteiger charge is -2.25. The number of nitrogens with one attached hydrogen (secondary N) is 1. The zero-order valence-electron chi connectivity index (χ0n) is 22.7. The van der Waals surface area contributed by atoms with E-state index < -0.39 is 5.97 Å². The van der Waals surface area contributed by atoms with Gasteiger partial charge in [-0.3, -0.25) is 0 Å². The van der Waals surface area contributed by atoms with Crippen LogP contribution in [0.25, 0.3) is 28.1 Å². The first-order valence-corrected chi connectivity index (χ1v) is 12.8. The van der Waals surface area contributed by atoms with Gasteiger partial charge in [0.05, 0.1) is 35.0 Å². The maximum atomic E-state index is 12.4. The Morgan fingerprint density at radius 2 is 1.93 bits per heavy atom. The van der Waals surface area contributed by atoms with Crippen molar-refractivity contribution in [3.05, 3.63) is 77.6 Å². The number of imidazole rings is 1. The van der Waals surface area contributed by atoms with E-state index in [1.54, 1.807) is 30.6 Å². The zero-order chi connectivity index (χ0) is 28.4. The molecule has 0 aliphatic heterocycles. The Kier molecular flexibility index (Phi) is 7.00. The fourth-order valence-corrected chi connectivity index (χ4v) is 4.40. The predicted octanol–water partition coefficient (Wildman–Crippen LogP) is 4.39. The molecule has 5 aromatic rings. The van der Waals surface area contributed by atoms with E-state index in [-0.39, 0.29) is 29.7 Å². The molecule has 11 heteroatoms. The molecule has 0 aliphatic carbocycles. The number of H-pyrrole nitrogens is 1. The minimum atomic E-state index is -0.591. The average molecular weight is 536 g/mol. The number of anilines is 1. The number of esters is 1. The number of carbonyl (C=O) groups is 1. The first kappa shape index (κ1) is 26.5. The Hall–Kier alpha value is -5.11. The van der Waals surface area contributed by atoms with Crippen LogP contribution in [0.1, 0.15) is 55.0 Å². The number of hydrogen-bond donors (Lipinski definition) is 2. The molecule has 40 heavy (non-hydrogen) atoms. The van der Waals surface area contributed by atoms with Crippen molar-refractivity contribution in [1.82, 2.24) is 34.7 Å². The average Bonchev–Trinajstić information content (AvgIpc) is 3.60. The van der Waals surface area contributed by atoms with Gasteiger partial charge in [0.1, 0.15) is 12.2 Å². The highest BCUT2D eigenvalue weighted by Gasteiger charge is 2.23. The van der Waals surface area contributed by atoms with Crippen molar-refractivity contribution in [2.24, 2.45) is 5.92 Å². The molecule has 0 bridgehead atoms. The molecule has 0 spiro atoms. The molecule has 0 aliphatic rings. The van der Waals surface area contributed by atoms with Crippen LogP contribution in [-0.4, -0.2) is 47.3 Å². The van der Waals surface area contributed by atoms with Crippen LogP contribution in [0.4, 0.5) is 5.95 Å². The second-order valence-corrected chi connectivity index (χ2v) is 10.7. The van der Waals surface area contributed by atoms with Crippen molar-refractivity contribution >= 4 is 23.0 Å². The lowest BCUT2D eigenvalue weighted by Crippen LogP contribution is -2.20. The molecule has 0 saturated carbocycles. The zero-order valence-corrected chi connectivity index (χ0v) is 22.7. The van der Waals surface area contributed by atoms with Gasteiger partial charge in [-0.05, 0) is 59.2 Å². The number of ether oxygens (including phenoxy) is 1. The SMILES string of the molecule is CC(C)COC(=O)c1ncn(-c2ccc(C#N)cc2-c2nc3ccc(C(C)(C)Cc4cnc(N)nc4)cc3[nH]2)n1. The molecule has 3 N–H and O–H groups in total. The number of nitrogens with zero attached hydrogens (tertiary/aromatic N) is 7. The van der Waals surface area contributed by atoms with Gasteiger partial charge in [-0.25, -0.2) is 29.4 Å². The number of rotatable bonds is 8. The number of hydrogen-bond acceptors (Lipinski definition) is 9. The van der Waals surface area contributed by atoms with E-state index in [2.05, 4.69) is 57.1 Å². The molecule has 5 rings (SSSR count). The van der Waals surface area contributed by atoms with Crippen molar-refractivity contribution in [1.29, 1.82) is 5.26 Å². The highest BCUT2D eigenvalue weighted by atomic mass is 16.5. The Balaban J connectivity index is 1.49. The van der Waals surface area contributed by atoms with E-state index in [0.29, 0.717) is 22.6 Å². The van der Waals surface area contributed by atoms with Crippen LogP contribution in [0.5, 0.6) is 0 Å². The van der Waals surface area contributed by atoms with Crippen molar-refractivity contribution in [2.75, 3.05) is 12.3 Å². The van der Waals surface area contributed by atoms with Gasteiger partial charge in [-0.1, -0.05) is 33.8 Å². The van der Waals surface area contributed by atoms with Crippen molar-refractivity contribution in [2.45, 2.75) is 39.5 Å². The van der Waals surface area contributed by atoms with Gasteiger partial charge in [-0.15, -0.1) is 5.10 Å². The summed E-state index contributed by atoms with van der Waals surface area (Å²) < 4.78 is 6.74. The normalized spacial score (nSPS) is 11.6. The maximum Gasteiger partial charge on any atom is 0.378 e. The third-order valence-corrected chi connectivity index (χ3v) is 6.48. The molecule has 0 amide bonds.